The number of nitrogens with one attached hydrogen (secondary N) is 1. The van der Waals surface area contributed by atoms with Crippen molar-refractivity contribution in [2.24, 2.45) is 0 Å². The summed E-state index contributed by atoms with van der Waals surface area (Å²) < 4.78 is 2.63. The summed E-state index contributed by atoms with van der Waals surface area (Å²) in [5.41, 5.74) is 1.71. The molecule has 102 valence electrons. The molecule has 1 aliphatic heterocycles. The smallest absolute Gasteiger partial charge is 0.364 e. The Morgan fingerprint density at radius 1 is 1.40 bits per heavy atom. The van der Waals surface area contributed by atoms with Crippen LogP contribution in [-0.4, -0.2) is 19.0 Å². The van der Waals surface area contributed by atoms with Gasteiger partial charge in [0.15, 0.2) is 0 Å². The highest BCUT2D eigenvalue weighted by atomic mass is 32.2. The maximum absolute atomic E-state index is 11.6. The quantitative estimate of drug-likeness (QED) is 0.514. The Hall–Kier alpha value is -2.26. The predicted molar refractivity (Wildman–Crippen MR) is 80.9 cm³/mol. The second-order valence-corrected chi connectivity index (χ2v) is 5.14. The lowest BCUT2D eigenvalue weighted by Gasteiger charge is -2.23. The first-order valence-corrected chi connectivity index (χ1v) is 6.94. The molecule has 0 fully saturated rings. The average molecular weight is 287 g/mol. The van der Waals surface area contributed by atoms with Gasteiger partial charge in [0.05, 0.1) is 5.56 Å². The zero-order valence-electron chi connectivity index (χ0n) is 11.0. The van der Waals surface area contributed by atoms with Crippen LogP contribution in [0.25, 0.3) is 4.98 Å². The molecule has 20 heavy (non-hydrogen) atoms. The third kappa shape index (κ3) is 2.68. The molecule has 0 radical (unpaired) electrons. The predicted octanol–water partition coefficient (Wildman–Crippen LogP) is 2.90. The van der Waals surface area contributed by atoms with Crippen LogP contribution in [0, 0.1) is 5.39 Å². The summed E-state index contributed by atoms with van der Waals surface area (Å²) in [5, 5.41) is 8.97. The topological polar surface area (TPSA) is 60.5 Å². The second-order valence-electron chi connectivity index (χ2n) is 4.29. The van der Waals surface area contributed by atoms with E-state index in [1.165, 1.54) is 11.9 Å². The highest BCUT2D eigenvalue weighted by Crippen LogP contribution is 2.36. The molecule has 0 aromatic heterocycles. The van der Waals surface area contributed by atoms with Crippen molar-refractivity contribution in [3.63, 3.8) is 0 Å². The molecule has 0 saturated heterocycles. The van der Waals surface area contributed by atoms with E-state index < -0.39 is 6.04 Å². The molecule has 1 N–H and O–H groups in total. The molecular weight excluding hydrogens is 272 g/mol. The van der Waals surface area contributed by atoms with E-state index in [9.17, 15) is 4.79 Å². The van der Waals surface area contributed by atoms with Gasteiger partial charge in [0.25, 0.3) is 0 Å². The average Bonchev–Trinajstić information content (AvgIpc) is 2.46. The number of diazo groups is 1. The first-order valence-electron chi connectivity index (χ1n) is 6.13. The number of carbonyl (C=O) groups is 1. The van der Waals surface area contributed by atoms with Crippen LogP contribution in [0.1, 0.15) is 11.6 Å². The summed E-state index contributed by atoms with van der Waals surface area (Å²) in [5.74, 6) is -0.313. The maximum atomic E-state index is 11.6. The maximum Gasteiger partial charge on any atom is 0.417 e. The highest BCUT2D eigenvalue weighted by Gasteiger charge is 2.39. The summed E-state index contributed by atoms with van der Waals surface area (Å²) in [4.78, 5) is 17.7. The van der Waals surface area contributed by atoms with Crippen LogP contribution in [0.3, 0.4) is 0 Å². The Morgan fingerprint density at radius 2 is 2.10 bits per heavy atom. The molecule has 1 aliphatic rings. The van der Waals surface area contributed by atoms with E-state index in [2.05, 4.69) is 27.8 Å². The first-order chi connectivity index (χ1) is 9.71. The third-order valence-electron chi connectivity index (χ3n) is 2.98. The van der Waals surface area contributed by atoms with Crippen LogP contribution < -0.4 is 9.62 Å². The van der Waals surface area contributed by atoms with Crippen molar-refractivity contribution in [3.8, 4) is 0 Å². The van der Waals surface area contributed by atoms with E-state index in [0.717, 1.165) is 10.6 Å². The van der Waals surface area contributed by atoms with Crippen LogP contribution in [0.5, 0.6) is 0 Å². The zero-order valence-corrected chi connectivity index (χ0v) is 11.8. The Labute approximate surface area is 122 Å². The number of carbonyl (C=O) groups excluding carboxylic acids is 1. The molecule has 5 nitrogen and oxygen atoms in total. The van der Waals surface area contributed by atoms with Gasteiger partial charge in [-0.25, -0.2) is 0 Å². The summed E-state index contributed by atoms with van der Waals surface area (Å²) in [6.45, 7) is 8.90. The molecule has 1 aromatic carbocycles. The standard InChI is InChI=1S/C14H14N4OS/c1-3-7-18(8-4-2)10-5-6-11-12(9-10)20-17-14(19)13(11)16-15/h3-6,9,13H,1-2,7-8H2/p+1. The normalized spacial score (nSPS) is 16.6. The molecule has 0 bridgehead atoms. The Balaban J connectivity index is 2.36. The number of hydrogen-bond acceptors (Lipinski definition) is 4. The van der Waals surface area contributed by atoms with Crippen molar-refractivity contribution >= 4 is 23.5 Å². The number of amides is 1. The van der Waals surface area contributed by atoms with Gasteiger partial charge < -0.3 is 4.90 Å². The van der Waals surface area contributed by atoms with Crippen molar-refractivity contribution in [1.82, 2.24) is 4.72 Å². The molecule has 6 heteroatoms. The van der Waals surface area contributed by atoms with Crippen LogP contribution in [0.2, 0.25) is 0 Å². The number of anilines is 1. The Kier molecular flexibility index (Phi) is 4.43. The van der Waals surface area contributed by atoms with Gasteiger partial charge in [-0.3, -0.25) is 9.52 Å². The number of benzene rings is 1. The van der Waals surface area contributed by atoms with E-state index in [1.54, 1.807) is 0 Å². The molecule has 1 unspecified atom stereocenters. The van der Waals surface area contributed by atoms with Gasteiger partial charge in [-0.1, -0.05) is 12.2 Å². The third-order valence-corrected chi connectivity index (χ3v) is 3.86. The van der Waals surface area contributed by atoms with Crippen LogP contribution >= 0.6 is 11.9 Å². The van der Waals surface area contributed by atoms with Crippen molar-refractivity contribution < 1.29 is 4.79 Å². The molecule has 1 atom stereocenters. The van der Waals surface area contributed by atoms with Gasteiger partial charge in [-0.15, -0.1) is 13.2 Å². The zero-order chi connectivity index (χ0) is 14.5. The van der Waals surface area contributed by atoms with Gasteiger partial charge in [-0.2, -0.15) is 0 Å². The highest BCUT2D eigenvalue weighted by molar-refractivity contribution is 7.98. The van der Waals surface area contributed by atoms with E-state index in [4.69, 9.17) is 5.39 Å². The molecule has 2 rings (SSSR count). The Bertz CT molecular complexity index is 583. The van der Waals surface area contributed by atoms with Crippen molar-refractivity contribution in [2.45, 2.75) is 10.9 Å². The van der Waals surface area contributed by atoms with Crippen LogP contribution in [0.15, 0.2) is 48.4 Å². The van der Waals surface area contributed by atoms with E-state index in [-0.39, 0.29) is 5.91 Å². The summed E-state index contributed by atoms with van der Waals surface area (Å²) in [7, 11) is 0. The number of hydrogen-bond donors (Lipinski definition) is 1. The minimum absolute atomic E-state index is 0.313. The van der Waals surface area contributed by atoms with Crippen molar-refractivity contribution in [3.05, 3.63) is 54.0 Å². The van der Waals surface area contributed by atoms with E-state index in [1.807, 2.05) is 30.4 Å². The lowest BCUT2D eigenvalue weighted by molar-refractivity contribution is -0.119. The van der Waals surface area contributed by atoms with Crippen LogP contribution in [0.4, 0.5) is 5.69 Å². The number of fused-ring (bicyclic) bond motifs is 1. The number of rotatable bonds is 5. The molecule has 0 spiro atoms. The van der Waals surface area contributed by atoms with Gasteiger partial charge in [0.2, 0.25) is 5.39 Å². The fourth-order valence-electron chi connectivity index (χ4n) is 2.05. The fourth-order valence-corrected chi connectivity index (χ4v) is 2.85. The number of nitrogens with zero attached hydrogens (tertiary/aromatic N) is 3. The summed E-state index contributed by atoms with van der Waals surface area (Å²) >= 11 is 1.23. The molecule has 0 aliphatic carbocycles. The van der Waals surface area contributed by atoms with Crippen LogP contribution in [-0.2, 0) is 4.79 Å². The lowest BCUT2D eigenvalue weighted by Crippen LogP contribution is -2.28. The largest absolute Gasteiger partial charge is 0.417 e. The minimum Gasteiger partial charge on any atom is -0.364 e. The SMILES string of the molecule is C=CCN(CC=C)c1ccc2c(c1)SNC(=O)C2[N+]#N. The van der Waals surface area contributed by atoms with E-state index >= 15 is 0 Å². The summed E-state index contributed by atoms with van der Waals surface area (Å²) in [6, 6.07) is 4.83. The second kappa shape index (κ2) is 6.26. The molecule has 0 saturated carbocycles. The van der Waals surface area contributed by atoms with Crippen molar-refractivity contribution in [1.29, 1.82) is 5.39 Å². The van der Waals surface area contributed by atoms with Gasteiger partial charge in [-0.05, 0) is 30.1 Å². The molecule has 1 amide bonds. The minimum atomic E-state index is -0.854. The fraction of sp³-hybridized carbons (Fsp3) is 0.214. The molecule has 1 heterocycles. The van der Waals surface area contributed by atoms with Crippen molar-refractivity contribution in [2.75, 3.05) is 18.0 Å². The van der Waals surface area contributed by atoms with Gasteiger partial charge in [0.1, 0.15) is 4.98 Å². The monoisotopic (exact) mass is 287 g/mol. The Morgan fingerprint density at radius 3 is 2.70 bits per heavy atom. The van der Waals surface area contributed by atoms with Gasteiger partial charge in [0, 0.05) is 23.7 Å². The summed E-state index contributed by atoms with van der Waals surface area (Å²) in [6.07, 6.45) is 3.65. The molecular formula is C14H15N4OS+. The van der Waals surface area contributed by atoms with Gasteiger partial charge >= 0.3 is 11.9 Å². The lowest BCUT2D eigenvalue weighted by atomic mass is 10.1. The molecule has 1 aromatic rings. The first kappa shape index (κ1) is 14.2. The van der Waals surface area contributed by atoms with E-state index in [0.29, 0.717) is 18.7 Å².